The molecule has 0 unspecified atom stereocenters. The van der Waals surface area contributed by atoms with E-state index in [9.17, 15) is 9.50 Å². The number of hydrogen-bond donors (Lipinski definition) is 3. The minimum atomic E-state index is -0.366. The van der Waals surface area contributed by atoms with E-state index in [1.165, 1.54) is 18.6 Å². The third-order valence-electron chi connectivity index (χ3n) is 4.59. The van der Waals surface area contributed by atoms with Crippen LogP contribution in [0.5, 0.6) is 5.75 Å². The van der Waals surface area contributed by atoms with Crippen LogP contribution in [0.25, 0.3) is 0 Å². The van der Waals surface area contributed by atoms with Crippen LogP contribution in [0.3, 0.4) is 0 Å². The average Bonchev–Trinajstić information content (AvgIpc) is 2.39. The number of phenols is 1. The molecular weight excluding hydrogens is 328 g/mol. The third kappa shape index (κ3) is 3.77. The van der Waals surface area contributed by atoms with Crippen molar-refractivity contribution in [3.8, 4) is 5.75 Å². The summed E-state index contributed by atoms with van der Waals surface area (Å²) in [6.45, 7) is 3.73. The Balaban J connectivity index is 0.00000121. The van der Waals surface area contributed by atoms with Crippen LogP contribution in [0, 0.1) is 11.7 Å². The zero-order valence-corrected chi connectivity index (χ0v) is 14.1. The lowest BCUT2D eigenvalue weighted by atomic mass is 9.76. The van der Waals surface area contributed by atoms with Crippen LogP contribution in [-0.2, 0) is 0 Å². The normalized spacial score (nSPS) is 20.4. The first-order valence-electron chi connectivity index (χ1n) is 7.39. The molecule has 4 nitrogen and oxygen atoms in total. The highest BCUT2D eigenvalue weighted by molar-refractivity contribution is 5.85. The lowest BCUT2D eigenvalue weighted by Gasteiger charge is -2.43. The molecule has 126 valence electrons. The molecule has 0 bridgehead atoms. The maximum Gasteiger partial charge on any atom is 0.143 e. The van der Waals surface area contributed by atoms with Gasteiger partial charge in [-0.2, -0.15) is 0 Å². The highest BCUT2D eigenvalue weighted by Gasteiger charge is 2.35. The number of phenolic OH excluding ortho intramolecular Hbond substituents is 1. The van der Waals surface area contributed by atoms with Crippen LogP contribution in [0.2, 0.25) is 0 Å². The predicted octanol–water partition coefficient (Wildman–Crippen LogP) is 2.70. The number of aromatic hydroxyl groups is 1. The van der Waals surface area contributed by atoms with Crippen molar-refractivity contribution < 1.29 is 9.50 Å². The summed E-state index contributed by atoms with van der Waals surface area (Å²) < 4.78 is 13.7. The van der Waals surface area contributed by atoms with Gasteiger partial charge >= 0.3 is 0 Å². The smallest absolute Gasteiger partial charge is 0.143 e. The summed E-state index contributed by atoms with van der Waals surface area (Å²) in [5, 5.41) is 13.6. The molecule has 1 heterocycles. The van der Waals surface area contributed by atoms with Crippen LogP contribution in [-0.4, -0.2) is 36.2 Å². The predicted molar refractivity (Wildman–Crippen MR) is 91.5 cm³/mol. The average molecular weight is 352 g/mol. The molecule has 7 heteroatoms. The molecule has 0 aromatic heterocycles. The zero-order valence-electron chi connectivity index (χ0n) is 12.4. The summed E-state index contributed by atoms with van der Waals surface area (Å²) in [6, 6.07) is 2.73. The Bertz CT molecular complexity index is 494. The van der Waals surface area contributed by atoms with E-state index in [4.69, 9.17) is 5.73 Å². The van der Waals surface area contributed by atoms with Gasteiger partial charge in [-0.3, -0.25) is 4.90 Å². The molecule has 1 saturated carbocycles. The second kappa shape index (κ2) is 8.20. The Hall–Kier alpha value is -0.750. The van der Waals surface area contributed by atoms with E-state index < -0.39 is 0 Å². The molecule has 0 amide bonds. The molecule has 2 aliphatic rings. The van der Waals surface area contributed by atoms with Gasteiger partial charge < -0.3 is 16.2 Å². The molecule has 1 aromatic carbocycles. The molecular formula is C15H24Cl2FN3O. The molecule has 0 spiro atoms. The topological polar surface area (TPSA) is 61.5 Å². The van der Waals surface area contributed by atoms with Gasteiger partial charge in [0.05, 0.1) is 5.69 Å². The lowest BCUT2D eigenvalue weighted by Crippen LogP contribution is -2.47. The van der Waals surface area contributed by atoms with E-state index in [2.05, 4.69) is 10.2 Å². The van der Waals surface area contributed by atoms with E-state index in [1.807, 2.05) is 0 Å². The van der Waals surface area contributed by atoms with Gasteiger partial charge in [0.15, 0.2) is 0 Å². The van der Waals surface area contributed by atoms with Gasteiger partial charge in [0.25, 0.3) is 0 Å². The van der Waals surface area contributed by atoms with Crippen LogP contribution in [0.1, 0.15) is 30.9 Å². The van der Waals surface area contributed by atoms with Gasteiger partial charge in [-0.15, -0.1) is 24.8 Å². The molecule has 1 aliphatic heterocycles. The fourth-order valence-corrected chi connectivity index (χ4v) is 3.33. The van der Waals surface area contributed by atoms with Gasteiger partial charge in [0.2, 0.25) is 0 Å². The molecule has 1 saturated heterocycles. The fourth-order valence-electron chi connectivity index (χ4n) is 3.33. The number of piperazine rings is 1. The number of rotatable bonds is 3. The summed E-state index contributed by atoms with van der Waals surface area (Å²) in [7, 11) is 0. The van der Waals surface area contributed by atoms with Gasteiger partial charge in [-0.1, -0.05) is 6.42 Å². The van der Waals surface area contributed by atoms with E-state index in [0.29, 0.717) is 11.5 Å². The van der Waals surface area contributed by atoms with Crippen molar-refractivity contribution in [1.29, 1.82) is 0 Å². The first-order valence-corrected chi connectivity index (χ1v) is 7.39. The second-order valence-corrected chi connectivity index (χ2v) is 5.85. The van der Waals surface area contributed by atoms with Crippen LogP contribution < -0.4 is 11.1 Å². The van der Waals surface area contributed by atoms with Gasteiger partial charge in [-0.05, 0) is 24.8 Å². The number of nitrogens with one attached hydrogen (secondary N) is 1. The van der Waals surface area contributed by atoms with Crippen LogP contribution >= 0.6 is 24.8 Å². The maximum atomic E-state index is 13.7. The number of anilines is 1. The van der Waals surface area contributed by atoms with Gasteiger partial charge in [0.1, 0.15) is 11.6 Å². The fraction of sp³-hybridized carbons (Fsp3) is 0.600. The largest absolute Gasteiger partial charge is 0.505 e. The molecule has 1 aliphatic carbocycles. The molecule has 1 atom stereocenters. The Morgan fingerprint density at radius 1 is 1.23 bits per heavy atom. The highest BCUT2D eigenvalue weighted by atomic mass is 35.5. The lowest BCUT2D eigenvalue weighted by molar-refractivity contribution is 0.0818. The number of nitrogens with two attached hydrogens (primary N) is 1. The Morgan fingerprint density at radius 3 is 2.41 bits per heavy atom. The number of nitrogens with zero attached hydrogens (tertiary/aromatic N) is 1. The van der Waals surface area contributed by atoms with Crippen molar-refractivity contribution in [3.05, 3.63) is 23.5 Å². The standard InChI is InChI=1S/C15H22FN3O.2ClH/c16-11-8-12(15(20)13(17)9-11)14(10-2-1-3-10)19-6-4-18-5-7-19;;/h8-10,14,18,20H,1-7,17H2;2*1H/t14-;;/m1../s1. The van der Waals surface area contributed by atoms with Crippen molar-refractivity contribution in [3.63, 3.8) is 0 Å². The Kier molecular flexibility index (Phi) is 7.19. The molecule has 4 N–H and O–H groups in total. The second-order valence-electron chi connectivity index (χ2n) is 5.85. The quantitative estimate of drug-likeness (QED) is 0.578. The van der Waals surface area contributed by atoms with E-state index in [-0.39, 0.29) is 48.1 Å². The van der Waals surface area contributed by atoms with Gasteiger partial charge in [-0.25, -0.2) is 4.39 Å². The van der Waals surface area contributed by atoms with Gasteiger partial charge in [0, 0.05) is 43.9 Å². The number of hydrogen-bond acceptors (Lipinski definition) is 4. The summed E-state index contributed by atoms with van der Waals surface area (Å²) in [6.07, 6.45) is 3.51. The van der Waals surface area contributed by atoms with E-state index in [1.54, 1.807) is 0 Å². The SMILES string of the molecule is Cl.Cl.Nc1cc(F)cc([C@@H](C2CCC2)N2CCNCC2)c1O. The van der Waals surface area contributed by atoms with E-state index in [0.717, 1.165) is 39.0 Å². The molecule has 0 radical (unpaired) electrons. The number of nitrogen functional groups attached to an aromatic ring is 1. The molecule has 1 aromatic rings. The molecule has 22 heavy (non-hydrogen) atoms. The third-order valence-corrected chi connectivity index (χ3v) is 4.59. The minimum absolute atomic E-state index is 0. The van der Waals surface area contributed by atoms with Crippen LogP contribution in [0.4, 0.5) is 10.1 Å². The maximum absolute atomic E-state index is 13.7. The van der Waals surface area contributed by atoms with E-state index >= 15 is 0 Å². The van der Waals surface area contributed by atoms with Crippen LogP contribution in [0.15, 0.2) is 12.1 Å². The van der Waals surface area contributed by atoms with Crippen molar-refractivity contribution >= 4 is 30.5 Å². The molecule has 3 rings (SSSR count). The summed E-state index contributed by atoms with van der Waals surface area (Å²) in [5.74, 6) is 0.191. The molecule has 2 fully saturated rings. The highest BCUT2D eigenvalue weighted by Crippen LogP contribution is 2.45. The monoisotopic (exact) mass is 351 g/mol. The Labute approximate surface area is 143 Å². The van der Waals surface area contributed by atoms with Crippen molar-refractivity contribution in [2.45, 2.75) is 25.3 Å². The summed E-state index contributed by atoms with van der Waals surface area (Å²) in [4.78, 5) is 2.36. The van der Waals surface area contributed by atoms with Crippen molar-refractivity contribution in [2.24, 2.45) is 5.92 Å². The number of halogens is 3. The zero-order chi connectivity index (χ0) is 14.1. The first-order chi connectivity index (χ1) is 9.66. The summed E-state index contributed by atoms with van der Waals surface area (Å²) in [5.41, 5.74) is 6.53. The summed E-state index contributed by atoms with van der Waals surface area (Å²) >= 11 is 0. The Morgan fingerprint density at radius 2 is 1.86 bits per heavy atom. The first kappa shape index (κ1) is 19.3. The van der Waals surface area contributed by atoms with Crippen molar-refractivity contribution in [1.82, 2.24) is 10.2 Å². The van der Waals surface area contributed by atoms with Crippen molar-refractivity contribution in [2.75, 3.05) is 31.9 Å². The minimum Gasteiger partial charge on any atom is -0.505 e. The number of benzene rings is 1.